The summed E-state index contributed by atoms with van der Waals surface area (Å²) < 4.78 is 6.79. The Kier molecular flexibility index (Phi) is 4.62. The highest BCUT2D eigenvalue weighted by Crippen LogP contribution is 2.18. The highest BCUT2D eigenvalue weighted by atomic mass is 16.5. The molecule has 2 aromatic rings. The van der Waals surface area contributed by atoms with Crippen molar-refractivity contribution in [2.24, 2.45) is 0 Å². The third-order valence-electron chi connectivity index (χ3n) is 3.44. The van der Waals surface area contributed by atoms with E-state index in [0.29, 0.717) is 24.8 Å². The summed E-state index contributed by atoms with van der Waals surface area (Å²) in [6.07, 6.45) is 1.01. The zero-order chi connectivity index (χ0) is 15.4. The molecule has 0 fully saturated rings. The van der Waals surface area contributed by atoms with Gasteiger partial charge in [-0.3, -0.25) is 0 Å². The van der Waals surface area contributed by atoms with Crippen molar-refractivity contribution in [3.8, 4) is 0 Å². The molecule has 0 saturated heterocycles. The van der Waals surface area contributed by atoms with Crippen molar-refractivity contribution in [3.05, 3.63) is 46.9 Å². The fourth-order valence-corrected chi connectivity index (χ4v) is 2.19. The van der Waals surface area contributed by atoms with Crippen molar-refractivity contribution in [1.82, 2.24) is 9.55 Å². The summed E-state index contributed by atoms with van der Waals surface area (Å²) in [6.45, 7) is 6.61. The van der Waals surface area contributed by atoms with E-state index in [9.17, 15) is 4.79 Å². The van der Waals surface area contributed by atoms with Gasteiger partial charge in [-0.2, -0.15) is 0 Å². The van der Waals surface area contributed by atoms with Crippen molar-refractivity contribution in [3.63, 3.8) is 0 Å². The second-order valence-corrected chi connectivity index (χ2v) is 4.87. The Balaban J connectivity index is 2.25. The third-order valence-corrected chi connectivity index (χ3v) is 3.44. The lowest BCUT2D eigenvalue weighted by molar-refractivity contribution is 0.0521. The van der Waals surface area contributed by atoms with Crippen LogP contribution in [0.1, 0.15) is 41.3 Å². The van der Waals surface area contributed by atoms with Gasteiger partial charge in [0.05, 0.1) is 13.2 Å². The molecule has 2 N–H and O–H groups in total. The molecule has 5 heteroatoms. The summed E-state index contributed by atoms with van der Waals surface area (Å²) in [5.41, 5.74) is 8.65. The van der Waals surface area contributed by atoms with Crippen LogP contribution in [0.15, 0.2) is 24.3 Å². The molecule has 1 heterocycles. The summed E-state index contributed by atoms with van der Waals surface area (Å²) in [6, 6.07) is 8.34. The summed E-state index contributed by atoms with van der Waals surface area (Å²) in [5, 5.41) is 0. The molecule has 21 heavy (non-hydrogen) atoms. The number of benzene rings is 1. The number of anilines is 1. The maximum absolute atomic E-state index is 11.8. The Labute approximate surface area is 124 Å². The quantitative estimate of drug-likeness (QED) is 0.858. The first-order valence-electron chi connectivity index (χ1n) is 7.14. The summed E-state index contributed by atoms with van der Waals surface area (Å²) >= 11 is 0. The molecule has 1 aromatic heterocycles. The number of nitrogens with zero attached hydrogens (tertiary/aromatic N) is 2. The third kappa shape index (κ3) is 3.24. The van der Waals surface area contributed by atoms with Crippen LogP contribution < -0.4 is 5.73 Å². The number of carbonyl (C=O) groups is 1. The molecule has 1 aromatic carbocycles. The van der Waals surface area contributed by atoms with Gasteiger partial charge in [-0.1, -0.05) is 31.2 Å². The molecule has 0 aliphatic carbocycles. The molecular weight excluding hydrogens is 266 g/mol. The minimum absolute atomic E-state index is 0.194. The molecule has 0 atom stereocenters. The van der Waals surface area contributed by atoms with Crippen molar-refractivity contribution < 1.29 is 9.53 Å². The van der Waals surface area contributed by atoms with E-state index in [0.717, 1.165) is 12.0 Å². The van der Waals surface area contributed by atoms with Crippen molar-refractivity contribution in [2.75, 3.05) is 12.3 Å². The number of hydrogen-bond donors (Lipinski definition) is 1. The molecule has 5 nitrogen and oxygen atoms in total. The molecule has 0 unspecified atom stereocenters. The Hall–Kier alpha value is -2.30. The molecule has 0 spiro atoms. The van der Waals surface area contributed by atoms with Crippen LogP contribution in [-0.4, -0.2) is 22.1 Å². The van der Waals surface area contributed by atoms with E-state index in [1.54, 1.807) is 6.92 Å². The minimum atomic E-state index is -0.474. The number of carbonyl (C=O) groups excluding carboxylic acids is 1. The highest BCUT2D eigenvalue weighted by molar-refractivity contribution is 5.92. The zero-order valence-corrected chi connectivity index (χ0v) is 12.7. The van der Waals surface area contributed by atoms with Crippen LogP contribution in [0.25, 0.3) is 0 Å². The SMILES string of the molecule is CCOC(=O)c1nc(C)n(Cc2ccc(CC)cc2)c1N. The first-order chi connectivity index (χ1) is 10.1. The van der Waals surface area contributed by atoms with E-state index in [4.69, 9.17) is 10.5 Å². The molecule has 0 bridgehead atoms. The standard InChI is InChI=1S/C16H21N3O2/c1-4-12-6-8-13(9-7-12)10-19-11(3)18-14(15(19)17)16(20)21-5-2/h6-9H,4-5,10,17H2,1-3H3. The van der Waals surface area contributed by atoms with Crippen LogP contribution in [0.4, 0.5) is 5.82 Å². The average Bonchev–Trinajstić information content (AvgIpc) is 2.76. The number of aromatic nitrogens is 2. The number of rotatable bonds is 5. The number of ether oxygens (including phenoxy) is 1. The Morgan fingerprint density at radius 3 is 2.43 bits per heavy atom. The predicted molar refractivity (Wildman–Crippen MR) is 82.3 cm³/mol. The lowest BCUT2D eigenvalue weighted by Gasteiger charge is -2.08. The zero-order valence-electron chi connectivity index (χ0n) is 12.7. The van der Waals surface area contributed by atoms with E-state index in [1.165, 1.54) is 5.56 Å². The van der Waals surface area contributed by atoms with Crippen molar-refractivity contribution >= 4 is 11.8 Å². The van der Waals surface area contributed by atoms with Gasteiger partial charge in [0.25, 0.3) is 0 Å². The maximum Gasteiger partial charge on any atom is 0.360 e. The highest BCUT2D eigenvalue weighted by Gasteiger charge is 2.19. The fourth-order valence-electron chi connectivity index (χ4n) is 2.19. The largest absolute Gasteiger partial charge is 0.461 e. The molecule has 2 rings (SSSR count). The number of aryl methyl sites for hydroxylation is 2. The van der Waals surface area contributed by atoms with Gasteiger partial charge >= 0.3 is 5.97 Å². The van der Waals surface area contributed by atoms with Crippen LogP contribution in [-0.2, 0) is 17.7 Å². The Bertz CT molecular complexity index is 630. The monoisotopic (exact) mass is 287 g/mol. The van der Waals surface area contributed by atoms with Gasteiger partial charge in [0, 0.05) is 0 Å². The van der Waals surface area contributed by atoms with E-state index >= 15 is 0 Å². The van der Waals surface area contributed by atoms with Gasteiger partial charge in [0.15, 0.2) is 5.69 Å². The normalized spacial score (nSPS) is 10.6. The van der Waals surface area contributed by atoms with Crippen LogP contribution in [0.5, 0.6) is 0 Å². The Morgan fingerprint density at radius 1 is 1.24 bits per heavy atom. The second kappa shape index (κ2) is 6.43. The minimum Gasteiger partial charge on any atom is -0.461 e. The fraction of sp³-hybridized carbons (Fsp3) is 0.375. The van der Waals surface area contributed by atoms with Crippen LogP contribution in [0.2, 0.25) is 0 Å². The smallest absolute Gasteiger partial charge is 0.360 e. The molecule has 0 amide bonds. The summed E-state index contributed by atoms with van der Waals surface area (Å²) in [4.78, 5) is 16.0. The van der Waals surface area contributed by atoms with Gasteiger partial charge < -0.3 is 15.0 Å². The number of hydrogen-bond acceptors (Lipinski definition) is 4. The van der Waals surface area contributed by atoms with Crippen LogP contribution in [0, 0.1) is 6.92 Å². The van der Waals surface area contributed by atoms with E-state index < -0.39 is 5.97 Å². The first-order valence-corrected chi connectivity index (χ1v) is 7.14. The molecule has 0 saturated carbocycles. The van der Waals surface area contributed by atoms with Gasteiger partial charge in [-0.25, -0.2) is 9.78 Å². The summed E-state index contributed by atoms with van der Waals surface area (Å²) in [7, 11) is 0. The Morgan fingerprint density at radius 2 is 1.86 bits per heavy atom. The predicted octanol–water partition coefficient (Wildman–Crippen LogP) is 2.56. The van der Waals surface area contributed by atoms with Crippen LogP contribution in [0.3, 0.4) is 0 Å². The number of imidazole rings is 1. The van der Waals surface area contributed by atoms with Gasteiger partial charge in [0.2, 0.25) is 0 Å². The number of esters is 1. The van der Waals surface area contributed by atoms with E-state index in [-0.39, 0.29) is 5.69 Å². The first kappa shape index (κ1) is 15.1. The maximum atomic E-state index is 11.8. The molecule has 112 valence electrons. The van der Waals surface area contributed by atoms with Crippen molar-refractivity contribution in [2.45, 2.75) is 33.7 Å². The number of nitrogens with two attached hydrogens (primary N) is 1. The van der Waals surface area contributed by atoms with Gasteiger partial charge in [-0.15, -0.1) is 0 Å². The molecule has 0 aliphatic rings. The topological polar surface area (TPSA) is 70.1 Å². The molecule has 0 radical (unpaired) electrons. The lowest BCUT2D eigenvalue weighted by atomic mass is 10.1. The van der Waals surface area contributed by atoms with Crippen LogP contribution >= 0.6 is 0 Å². The van der Waals surface area contributed by atoms with Crippen molar-refractivity contribution in [1.29, 1.82) is 0 Å². The van der Waals surface area contributed by atoms with E-state index in [1.807, 2.05) is 11.5 Å². The van der Waals surface area contributed by atoms with Gasteiger partial charge in [-0.05, 0) is 31.4 Å². The molecular formula is C16H21N3O2. The number of nitrogen functional groups attached to an aromatic ring is 1. The van der Waals surface area contributed by atoms with E-state index in [2.05, 4.69) is 36.2 Å². The average molecular weight is 287 g/mol. The lowest BCUT2D eigenvalue weighted by Crippen LogP contribution is -2.10. The summed E-state index contributed by atoms with van der Waals surface area (Å²) in [5.74, 6) is 0.582. The van der Waals surface area contributed by atoms with Gasteiger partial charge in [0.1, 0.15) is 11.6 Å². The second-order valence-electron chi connectivity index (χ2n) is 4.87. The molecule has 0 aliphatic heterocycles.